The van der Waals surface area contributed by atoms with Crippen LogP contribution in [0.25, 0.3) is 6.08 Å². The van der Waals surface area contributed by atoms with Gasteiger partial charge in [0.05, 0.1) is 5.41 Å². The third-order valence-corrected chi connectivity index (χ3v) is 5.46. The molecular formula is C21H24N2O2. The van der Waals surface area contributed by atoms with E-state index in [2.05, 4.69) is 60.1 Å². The number of rotatable bonds is 3. The van der Waals surface area contributed by atoms with Gasteiger partial charge in [0, 0.05) is 24.5 Å². The van der Waals surface area contributed by atoms with Crippen molar-refractivity contribution >= 4 is 11.8 Å². The van der Waals surface area contributed by atoms with Crippen LogP contribution >= 0.6 is 0 Å². The van der Waals surface area contributed by atoms with E-state index >= 15 is 0 Å². The molecule has 2 aliphatic heterocycles. The average Bonchev–Trinajstić information content (AvgIpc) is 2.78. The minimum absolute atomic E-state index is 0.163. The van der Waals surface area contributed by atoms with Crippen LogP contribution in [0.2, 0.25) is 0 Å². The van der Waals surface area contributed by atoms with Crippen LogP contribution in [0, 0.1) is 6.92 Å². The highest BCUT2D eigenvalue weighted by molar-refractivity contribution is 5.71. The van der Waals surface area contributed by atoms with Crippen molar-refractivity contribution in [3.63, 3.8) is 0 Å². The van der Waals surface area contributed by atoms with E-state index in [0.29, 0.717) is 6.42 Å². The van der Waals surface area contributed by atoms with Crippen LogP contribution in [0.15, 0.2) is 42.5 Å². The van der Waals surface area contributed by atoms with Crippen molar-refractivity contribution in [3.05, 3.63) is 59.4 Å². The summed E-state index contributed by atoms with van der Waals surface area (Å²) >= 11 is 0. The van der Waals surface area contributed by atoms with Gasteiger partial charge in [-0.3, -0.25) is 0 Å². The van der Waals surface area contributed by atoms with Crippen LogP contribution in [0.3, 0.4) is 0 Å². The van der Waals surface area contributed by atoms with Crippen molar-refractivity contribution in [1.82, 2.24) is 4.98 Å². The van der Waals surface area contributed by atoms with E-state index < -0.39 is 5.72 Å². The van der Waals surface area contributed by atoms with Crippen LogP contribution in [-0.2, 0) is 5.41 Å². The largest absolute Gasteiger partial charge is 0.461 e. The number of aromatic nitrogens is 1. The first-order valence-electron chi connectivity index (χ1n) is 8.83. The number of ether oxygens (including phenoxy) is 1. The van der Waals surface area contributed by atoms with E-state index in [1.54, 1.807) is 0 Å². The molecule has 1 spiro atoms. The van der Waals surface area contributed by atoms with Crippen LogP contribution in [-0.4, -0.2) is 29.0 Å². The first kappa shape index (κ1) is 16.2. The molecule has 4 rings (SSSR count). The summed E-state index contributed by atoms with van der Waals surface area (Å²) in [5.41, 5.74) is 3.44. The first-order valence-corrected chi connectivity index (χ1v) is 8.83. The van der Waals surface area contributed by atoms with Gasteiger partial charge in [0.25, 0.3) is 0 Å². The van der Waals surface area contributed by atoms with Gasteiger partial charge < -0.3 is 14.7 Å². The highest BCUT2D eigenvalue weighted by Crippen LogP contribution is 2.54. The maximum absolute atomic E-state index is 9.38. The zero-order valence-corrected chi connectivity index (χ0v) is 15.0. The van der Waals surface area contributed by atoms with Crippen molar-refractivity contribution in [2.24, 2.45) is 0 Å². The van der Waals surface area contributed by atoms with Crippen LogP contribution in [0.1, 0.15) is 37.2 Å². The highest BCUT2D eigenvalue weighted by atomic mass is 16.5. The van der Waals surface area contributed by atoms with E-state index in [9.17, 15) is 5.11 Å². The monoisotopic (exact) mass is 336 g/mol. The van der Waals surface area contributed by atoms with Gasteiger partial charge in [0.15, 0.2) is 0 Å². The highest BCUT2D eigenvalue weighted by Gasteiger charge is 2.58. The normalized spacial score (nSPS) is 22.6. The molecule has 0 fully saturated rings. The summed E-state index contributed by atoms with van der Waals surface area (Å²) in [7, 11) is 0. The Bertz CT molecular complexity index is 844. The molecule has 1 unspecified atom stereocenters. The summed E-state index contributed by atoms with van der Waals surface area (Å²) < 4.78 is 6.64. The van der Waals surface area contributed by atoms with Crippen molar-refractivity contribution in [1.29, 1.82) is 0 Å². The van der Waals surface area contributed by atoms with E-state index in [1.165, 1.54) is 11.3 Å². The van der Waals surface area contributed by atoms with Crippen molar-refractivity contribution in [2.75, 3.05) is 18.1 Å². The summed E-state index contributed by atoms with van der Waals surface area (Å²) in [6.45, 7) is 7.33. The predicted octanol–water partition coefficient (Wildman–Crippen LogP) is 3.67. The molecule has 0 amide bonds. The van der Waals surface area contributed by atoms with Gasteiger partial charge >= 0.3 is 0 Å². The number of nitrogens with zero attached hydrogens (tertiary/aromatic N) is 2. The zero-order valence-electron chi connectivity index (χ0n) is 15.0. The first-order chi connectivity index (χ1) is 12.0. The number of fused-ring (bicyclic) bond motifs is 2. The third-order valence-electron chi connectivity index (χ3n) is 5.46. The minimum Gasteiger partial charge on any atom is -0.461 e. The number of benzene rings is 1. The maximum atomic E-state index is 9.38. The lowest BCUT2D eigenvalue weighted by Gasteiger charge is -2.47. The summed E-state index contributed by atoms with van der Waals surface area (Å²) in [6, 6.07) is 12.4. The summed E-state index contributed by atoms with van der Waals surface area (Å²) in [5.74, 6) is 0.808. The molecule has 25 heavy (non-hydrogen) atoms. The van der Waals surface area contributed by atoms with Crippen LogP contribution < -0.4 is 9.64 Å². The Balaban J connectivity index is 1.86. The molecule has 1 aromatic heterocycles. The van der Waals surface area contributed by atoms with Crippen LogP contribution in [0.4, 0.5) is 5.69 Å². The number of aliphatic hydroxyl groups is 1. The molecule has 130 valence electrons. The van der Waals surface area contributed by atoms with Gasteiger partial charge in [-0.25, -0.2) is 4.98 Å². The smallest absolute Gasteiger partial charge is 0.212 e. The molecular weight excluding hydrogens is 312 g/mol. The van der Waals surface area contributed by atoms with E-state index in [-0.39, 0.29) is 12.0 Å². The summed E-state index contributed by atoms with van der Waals surface area (Å²) in [4.78, 5) is 6.87. The molecule has 0 saturated carbocycles. The fraction of sp³-hybridized carbons (Fsp3) is 0.381. The summed E-state index contributed by atoms with van der Waals surface area (Å²) in [5, 5.41) is 9.38. The molecule has 2 aromatic rings. The van der Waals surface area contributed by atoms with E-state index in [1.807, 2.05) is 19.1 Å². The Morgan fingerprint density at radius 1 is 1.16 bits per heavy atom. The Morgan fingerprint density at radius 2 is 1.96 bits per heavy atom. The lowest BCUT2D eigenvalue weighted by atomic mass is 9.76. The van der Waals surface area contributed by atoms with Gasteiger partial charge in [0.2, 0.25) is 5.72 Å². The number of hydrogen-bond donors (Lipinski definition) is 1. The molecule has 4 heteroatoms. The van der Waals surface area contributed by atoms with Gasteiger partial charge in [-0.2, -0.15) is 0 Å². The van der Waals surface area contributed by atoms with E-state index in [0.717, 1.165) is 23.7 Å². The van der Waals surface area contributed by atoms with Gasteiger partial charge in [-0.15, -0.1) is 0 Å². The molecule has 1 atom stereocenters. The number of hydrogen-bond acceptors (Lipinski definition) is 4. The van der Waals surface area contributed by atoms with Crippen molar-refractivity contribution in [3.8, 4) is 5.75 Å². The number of anilines is 1. The second-order valence-corrected chi connectivity index (χ2v) is 7.34. The SMILES string of the molecule is Cc1ccc2c(n1)C=CC1(O2)N(CCCO)c2ccccc2C1(C)C. The molecule has 0 saturated heterocycles. The molecule has 1 aromatic carbocycles. The van der Waals surface area contributed by atoms with E-state index in [4.69, 9.17) is 4.74 Å². The Morgan fingerprint density at radius 3 is 2.76 bits per heavy atom. The van der Waals surface area contributed by atoms with Crippen LogP contribution in [0.5, 0.6) is 5.75 Å². The Labute approximate surface area is 148 Å². The molecule has 4 nitrogen and oxygen atoms in total. The minimum atomic E-state index is -0.615. The molecule has 0 radical (unpaired) electrons. The third kappa shape index (κ3) is 2.20. The second-order valence-electron chi connectivity index (χ2n) is 7.34. The van der Waals surface area contributed by atoms with Crippen molar-refractivity contribution in [2.45, 2.75) is 38.3 Å². The fourth-order valence-electron chi connectivity index (χ4n) is 4.11. The van der Waals surface area contributed by atoms with Gasteiger partial charge in [-0.1, -0.05) is 18.2 Å². The quantitative estimate of drug-likeness (QED) is 0.929. The molecule has 2 aliphatic rings. The fourth-order valence-corrected chi connectivity index (χ4v) is 4.11. The lowest BCUT2D eigenvalue weighted by Crippen LogP contribution is -2.59. The number of para-hydroxylation sites is 1. The Hall–Kier alpha value is -2.33. The molecule has 0 aliphatic carbocycles. The Kier molecular flexibility index (Phi) is 3.62. The lowest BCUT2D eigenvalue weighted by molar-refractivity contribution is 0.0519. The zero-order chi connectivity index (χ0) is 17.7. The topological polar surface area (TPSA) is 45.6 Å². The van der Waals surface area contributed by atoms with Gasteiger partial charge in [0.1, 0.15) is 11.4 Å². The number of pyridine rings is 1. The number of aryl methyl sites for hydroxylation is 1. The van der Waals surface area contributed by atoms with Crippen molar-refractivity contribution < 1.29 is 9.84 Å². The standard InChI is InChI=1S/C21H24N2O2/c1-15-9-10-19-17(22-15)11-12-21(25-19)20(2,3)16-7-4-5-8-18(16)23(21)13-6-14-24/h4-5,7-12,24H,6,13-14H2,1-3H3. The maximum Gasteiger partial charge on any atom is 0.212 e. The average molecular weight is 336 g/mol. The summed E-state index contributed by atoms with van der Waals surface area (Å²) in [6.07, 6.45) is 4.91. The van der Waals surface area contributed by atoms with Gasteiger partial charge in [-0.05, 0) is 63.1 Å². The molecule has 0 bridgehead atoms. The second kappa shape index (κ2) is 5.60. The molecule has 3 heterocycles. The number of aliphatic hydroxyl groups excluding tert-OH is 1. The predicted molar refractivity (Wildman–Crippen MR) is 99.9 cm³/mol. The molecule has 1 N–H and O–H groups in total.